The summed E-state index contributed by atoms with van der Waals surface area (Å²) in [6.45, 7) is 2.48. The predicted octanol–water partition coefficient (Wildman–Crippen LogP) is 1.81. The van der Waals surface area contributed by atoms with E-state index in [2.05, 4.69) is 79.4 Å². The van der Waals surface area contributed by atoms with Crippen molar-refractivity contribution in [3.63, 3.8) is 0 Å². The van der Waals surface area contributed by atoms with Crippen LogP contribution in [-0.2, 0) is 0 Å². The Morgan fingerprint density at radius 3 is 1.62 bits per heavy atom. The van der Waals surface area contributed by atoms with Gasteiger partial charge in [-0.2, -0.15) is 0 Å². The zero-order valence-electron chi connectivity index (χ0n) is 12.6. The Balaban J connectivity index is 0.00000132. The topological polar surface area (TPSA) is 0 Å². The van der Waals surface area contributed by atoms with Gasteiger partial charge in [-0.15, -0.1) is 0 Å². The van der Waals surface area contributed by atoms with Crippen molar-refractivity contribution in [3.8, 4) is 0 Å². The van der Waals surface area contributed by atoms with Gasteiger partial charge in [0.25, 0.3) is 0 Å². The zero-order valence-corrected chi connectivity index (χ0v) is 15.6. The molecule has 0 spiro atoms. The quantitative estimate of drug-likeness (QED) is 0.742. The van der Waals surface area contributed by atoms with Gasteiger partial charge in [-0.25, -0.2) is 0 Å². The molecule has 2 heteroatoms. The van der Waals surface area contributed by atoms with E-state index in [1.54, 1.807) is 0 Å². The van der Waals surface area contributed by atoms with Crippen molar-refractivity contribution in [1.82, 2.24) is 0 Å². The molecule has 0 bridgehead atoms. The fraction of sp³-hybridized carbons (Fsp3) is 0.158. The molecule has 0 saturated heterocycles. The van der Waals surface area contributed by atoms with Crippen LogP contribution in [0.15, 0.2) is 60.7 Å². The van der Waals surface area contributed by atoms with E-state index >= 15 is 0 Å². The summed E-state index contributed by atoms with van der Waals surface area (Å²) in [6, 6.07) is 17.7. The van der Waals surface area contributed by atoms with Crippen LogP contribution < -0.4 is 29.6 Å². The summed E-state index contributed by atoms with van der Waals surface area (Å²) in [5.41, 5.74) is 7.16. The molecule has 0 heterocycles. The van der Waals surface area contributed by atoms with E-state index in [9.17, 15) is 0 Å². The first kappa shape index (κ1) is 15.0. The Bertz CT molecular complexity index is 656. The fourth-order valence-corrected chi connectivity index (χ4v) is 6.18. The second-order valence-corrected chi connectivity index (χ2v) is 8.41. The molecule has 2 atom stereocenters. The van der Waals surface area contributed by atoms with Gasteiger partial charge in [0.15, 0.2) is 0 Å². The molecule has 2 aromatic rings. The van der Waals surface area contributed by atoms with Crippen molar-refractivity contribution < 1.29 is 29.6 Å². The molecule has 97 valence electrons. The monoisotopic (exact) mass is 296 g/mol. The van der Waals surface area contributed by atoms with Gasteiger partial charge in [-0.3, -0.25) is 0 Å². The molecule has 2 unspecified atom stereocenters. The van der Waals surface area contributed by atoms with E-state index in [4.69, 9.17) is 0 Å². The molecule has 0 aliphatic heterocycles. The van der Waals surface area contributed by atoms with E-state index in [0.29, 0.717) is 11.1 Å². The summed E-state index contributed by atoms with van der Waals surface area (Å²) in [5, 5.41) is 0. The van der Waals surface area contributed by atoms with Gasteiger partial charge in [0.1, 0.15) is 0 Å². The van der Waals surface area contributed by atoms with Crippen molar-refractivity contribution in [2.75, 3.05) is 0 Å². The zero-order chi connectivity index (χ0) is 13.5. The van der Waals surface area contributed by atoms with Crippen LogP contribution in [0.3, 0.4) is 0 Å². The Labute approximate surface area is 150 Å². The molecule has 0 N–H and O–H groups in total. The molecular formula is C19H17NaSi+. The average Bonchev–Trinajstić information content (AvgIpc) is 3.11. The molecule has 0 nitrogen and oxygen atoms in total. The van der Waals surface area contributed by atoms with E-state index in [0.717, 1.165) is 0 Å². The average molecular weight is 296 g/mol. The summed E-state index contributed by atoms with van der Waals surface area (Å²) in [5.74, 6) is 0. The van der Waals surface area contributed by atoms with Crippen LogP contribution in [0.1, 0.15) is 33.3 Å². The predicted molar refractivity (Wildman–Crippen MR) is 88.1 cm³/mol. The first-order valence-electron chi connectivity index (χ1n) is 7.22. The minimum atomic E-state index is -0.542. The Kier molecular flexibility index (Phi) is 4.37. The third-order valence-electron chi connectivity index (χ3n) is 4.58. The summed E-state index contributed by atoms with van der Waals surface area (Å²) in [7, 11) is -0.542. The first-order valence-corrected chi connectivity index (χ1v) is 9.37. The van der Waals surface area contributed by atoms with E-state index < -0.39 is 8.80 Å². The Morgan fingerprint density at radius 2 is 1.14 bits per heavy atom. The third kappa shape index (κ3) is 2.53. The Morgan fingerprint density at radius 1 is 0.714 bits per heavy atom. The maximum Gasteiger partial charge on any atom is 1.00 e. The van der Waals surface area contributed by atoms with Gasteiger partial charge in [0, 0.05) is 0 Å². The standard InChI is InChI=1S/C19H17Si.Na/c1-20(18-12-10-14-6-2-4-8-16(14)18)19-13-11-15-7-3-5-9-17(15)19;/h2-13,18-19H,1H3;/q;+1. The summed E-state index contributed by atoms with van der Waals surface area (Å²) in [4.78, 5) is 0. The maximum absolute atomic E-state index is 2.48. The van der Waals surface area contributed by atoms with Crippen LogP contribution in [-0.4, -0.2) is 8.80 Å². The first-order chi connectivity index (χ1) is 9.84. The molecule has 0 aromatic heterocycles. The van der Waals surface area contributed by atoms with Crippen molar-refractivity contribution in [3.05, 3.63) is 82.9 Å². The number of hydrogen-bond acceptors (Lipinski definition) is 0. The second kappa shape index (κ2) is 6.10. The van der Waals surface area contributed by atoms with E-state index in [1.807, 2.05) is 0 Å². The van der Waals surface area contributed by atoms with Crippen LogP contribution in [0.5, 0.6) is 0 Å². The summed E-state index contributed by atoms with van der Waals surface area (Å²) in [6.07, 6.45) is 9.46. The molecular weight excluding hydrogens is 279 g/mol. The van der Waals surface area contributed by atoms with Gasteiger partial charge in [-0.05, 0) is 33.3 Å². The van der Waals surface area contributed by atoms with Gasteiger partial charge in [0.2, 0.25) is 0 Å². The number of hydrogen-bond donors (Lipinski definition) is 0. The largest absolute Gasteiger partial charge is 1.00 e. The third-order valence-corrected chi connectivity index (χ3v) is 7.55. The van der Waals surface area contributed by atoms with Gasteiger partial charge >= 0.3 is 29.6 Å². The number of benzene rings is 2. The minimum absolute atomic E-state index is 0. The van der Waals surface area contributed by atoms with Crippen molar-refractivity contribution in [2.45, 2.75) is 17.6 Å². The maximum atomic E-state index is 2.48. The van der Waals surface area contributed by atoms with Crippen molar-refractivity contribution >= 4 is 20.9 Å². The minimum Gasteiger partial charge on any atom is -0.0793 e. The van der Waals surface area contributed by atoms with Crippen molar-refractivity contribution in [2.24, 2.45) is 0 Å². The molecule has 21 heavy (non-hydrogen) atoms. The molecule has 2 aliphatic rings. The molecule has 1 radical (unpaired) electrons. The van der Waals surface area contributed by atoms with Gasteiger partial charge in [0.05, 0.1) is 8.80 Å². The van der Waals surface area contributed by atoms with Gasteiger partial charge < -0.3 is 0 Å². The number of fused-ring (bicyclic) bond motifs is 2. The number of rotatable bonds is 2. The van der Waals surface area contributed by atoms with Crippen LogP contribution in [0, 0.1) is 0 Å². The summed E-state index contributed by atoms with van der Waals surface area (Å²) >= 11 is 0. The van der Waals surface area contributed by atoms with E-state index in [-0.39, 0.29) is 29.6 Å². The molecule has 2 aromatic carbocycles. The van der Waals surface area contributed by atoms with Crippen LogP contribution in [0.25, 0.3) is 12.2 Å². The van der Waals surface area contributed by atoms with Crippen molar-refractivity contribution in [1.29, 1.82) is 0 Å². The smallest absolute Gasteiger partial charge is 0.0793 e. The summed E-state index contributed by atoms with van der Waals surface area (Å²) < 4.78 is 0. The molecule has 0 amide bonds. The second-order valence-electron chi connectivity index (χ2n) is 5.68. The molecule has 4 rings (SSSR count). The molecule has 2 aliphatic carbocycles. The Hall–Kier alpha value is -0.863. The normalized spacial score (nSPS) is 21.2. The van der Waals surface area contributed by atoms with E-state index in [1.165, 1.54) is 22.3 Å². The molecule has 0 saturated carbocycles. The van der Waals surface area contributed by atoms with Gasteiger partial charge in [-0.1, -0.05) is 79.4 Å². The number of allylic oxidation sites excluding steroid dienone is 2. The molecule has 0 fully saturated rings. The fourth-order valence-electron chi connectivity index (χ4n) is 3.49. The van der Waals surface area contributed by atoms with Crippen LogP contribution in [0.2, 0.25) is 6.55 Å². The van der Waals surface area contributed by atoms with Crippen LogP contribution >= 0.6 is 0 Å². The van der Waals surface area contributed by atoms with Crippen LogP contribution in [0.4, 0.5) is 0 Å². The SMILES string of the molecule is C[Si](C1C=Cc2ccccc21)C1C=Cc2ccccc21.[Na+].